The summed E-state index contributed by atoms with van der Waals surface area (Å²) < 4.78 is 44.0. The number of nitrogens with zero attached hydrogens (tertiary/aromatic N) is 4. The van der Waals surface area contributed by atoms with Crippen LogP contribution in [0.1, 0.15) is 30.7 Å². The van der Waals surface area contributed by atoms with E-state index in [1.54, 1.807) is 23.4 Å². The number of amides is 2. The third-order valence-electron chi connectivity index (χ3n) is 5.16. The van der Waals surface area contributed by atoms with Gasteiger partial charge in [0, 0.05) is 37.1 Å². The molecule has 1 atom stereocenters. The SMILES string of the molecule is O=C(Nc1cccc(C(F)(F)F)c1)N1CCCC1CCc1noc(-c2cccnc2)n1. The lowest BCUT2D eigenvalue weighted by Gasteiger charge is -2.25. The zero-order valence-corrected chi connectivity index (χ0v) is 16.5. The minimum absolute atomic E-state index is 0.0499. The number of anilines is 1. The van der Waals surface area contributed by atoms with Gasteiger partial charge < -0.3 is 14.7 Å². The fourth-order valence-electron chi connectivity index (χ4n) is 3.63. The second-order valence-electron chi connectivity index (χ2n) is 7.29. The lowest BCUT2D eigenvalue weighted by Crippen LogP contribution is -2.39. The fourth-order valence-corrected chi connectivity index (χ4v) is 3.63. The van der Waals surface area contributed by atoms with Crippen molar-refractivity contribution in [2.75, 3.05) is 11.9 Å². The van der Waals surface area contributed by atoms with Gasteiger partial charge in [-0.25, -0.2) is 4.79 Å². The van der Waals surface area contributed by atoms with Gasteiger partial charge in [-0.15, -0.1) is 0 Å². The van der Waals surface area contributed by atoms with Crippen molar-refractivity contribution in [3.05, 3.63) is 60.2 Å². The number of alkyl halides is 3. The summed E-state index contributed by atoms with van der Waals surface area (Å²) in [5, 5.41) is 6.56. The molecule has 1 saturated heterocycles. The third-order valence-corrected chi connectivity index (χ3v) is 5.16. The number of aryl methyl sites for hydroxylation is 1. The minimum Gasteiger partial charge on any atom is -0.334 e. The molecule has 0 aliphatic carbocycles. The molecule has 31 heavy (non-hydrogen) atoms. The number of hydrogen-bond donors (Lipinski definition) is 1. The molecule has 10 heteroatoms. The van der Waals surface area contributed by atoms with Crippen LogP contribution in [0.15, 0.2) is 53.3 Å². The van der Waals surface area contributed by atoms with Gasteiger partial charge in [0.25, 0.3) is 5.89 Å². The van der Waals surface area contributed by atoms with Crippen molar-refractivity contribution >= 4 is 11.7 Å². The molecule has 0 spiro atoms. The Labute approximate surface area is 176 Å². The summed E-state index contributed by atoms with van der Waals surface area (Å²) in [7, 11) is 0. The quantitative estimate of drug-likeness (QED) is 0.629. The van der Waals surface area contributed by atoms with Gasteiger partial charge in [0.05, 0.1) is 11.1 Å². The number of hydrogen-bond acceptors (Lipinski definition) is 5. The summed E-state index contributed by atoms with van der Waals surface area (Å²) in [6.07, 6.45) is 1.60. The predicted octanol–water partition coefficient (Wildman–Crippen LogP) is 4.78. The molecule has 0 bridgehead atoms. The summed E-state index contributed by atoms with van der Waals surface area (Å²) in [6, 6.07) is 7.76. The maximum Gasteiger partial charge on any atom is 0.416 e. The largest absolute Gasteiger partial charge is 0.416 e. The number of pyridine rings is 1. The van der Waals surface area contributed by atoms with Crippen molar-refractivity contribution in [2.45, 2.75) is 37.9 Å². The van der Waals surface area contributed by atoms with Gasteiger partial charge in [0.1, 0.15) is 0 Å². The Morgan fingerprint density at radius 1 is 1.26 bits per heavy atom. The number of rotatable bonds is 5. The van der Waals surface area contributed by atoms with E-state index in [1.807, 2.05) is 6.07 Å². The van der Waals surface area contributed by atoms with E-state index in [1.165, 1.54) is 12.1 Å². The molecule has 7 nitrogen and oxygen atoms in total. The van der Waals surface area contributed by atoms with Crippen LogP contribution in [0.4, 0.5) is 23.7 Å². The normalized spacial score (nSPS) is 16.5. The number of nitrogens with one attached hydrogen (secondary N) is 1. The molecule has 1 fully saturated rings. The van der Waals surface area contributed by atoms with E-state index in [0.717, 1.165) is 30.5 Å². The first kappa shape index (κ1) is 20.8. The average molecular weight is 431 g/mol. The summed E-state index contributed by atoms with van der Waals surface area (Å²) in [6.45, 7) is 0.544. The van der Waals surface area contributed by atoms with Crippen molar-refractivity contribution in [3.8, 4) is 11.5 Å². The van der Waals surface area contributed by atoms with Crippen molar-refractivity contribution in [1.29, 1.82) is 0 Å². The first-order valence-electron chi connectivity index (χ1n) is 9.88. The lowest BCUT2D eigenvalue weighted by atomic mass is 10.1. The highest BCUT2D eigenvalue weighted by molar-refractivity contribution is 5.89. The monoisotopic (exact) mass is 431 g/mol. The molecule has 1 aromatic carbocycles. The number of urea groups is 1. The van der Waals surface area contributed by atoms with Crippen molar-refractivity contribution < 1.29 is 22.5 Å². The lowest BCUT2D eigenvalue weighted by molar-refractivity contribution is -0.137. The summed E-state index contributed by atoms with van der Waals surface area (Å²) in [4.78, 5) is 22.7. The van der Waals surface area contributed by atoms with Gasteiger partial charge in [-0.05, 0) is 49.6 Å². The van der Waals surface area contributed by atoms with Gasteiger partial charge in [-0.3, -0.25) is 4.98 Å². The van der Waals surface area contributed by atoms with E-state index in [0.29, 0.717) is 31.1 Å². The fraction of sp³-hybridized carbons (Fsp3) is 0.333. The average Bonchev–Trinajstić information content (AvgIpc) is 3.42. The van der Waals surface area contributed by atoms with Gasteiger partial charge in [0.15, 0.2) is 5.82 Å². The van der Waals surface area contributed by atoms with Crippen LogP contribution in [-0.2, 0) is 12.6 Å². The minimum atomic E-state index is -4.46. The molecule has 3 heterocycles. The molecule has 0 saturated carbocycles. The summed E-state index contributed by atoms with van der Waals surface area (Å²) in [5.74, 6) is 0.914. The van der Waals surface area contributed by atoms with Crippen LogP contribution in [-0.4, -0.2) is 38.6 Å². The second kappa shape index (κ2) is 8.75. The molecule has 4 rings (SSSR count). The van der Waals surface area contributed by atoms with Gasteiger partial charge in [-0.2, -0.15) is 18.2 Å². The van der Waals surface area contributed by atoms with Crippen molar-refractivity contribution in [3.63, 3.8) is 0 Å². The number of halogens is 3. The van der Waals surface area contributed by atoms with Crippen LogP contribution < -0.4 is 5.32 Å². The Morgan fingerprint density at radius 3 is 2.90 bits per heavy atom. The summed E-state index contributed by atoms with van der Waals surface area (Å²) >= 11 is 0. The van der Waals surface area contributed by atoms with E-state index in [-0.39, 0.29) is 11.7 Å². The highest BCUT2D eigenvalue weighted by atomic mass is 19.4. The Balaban J connectivity index is 1.36. The van der Waals surface area contributed by atoms with E-state index < -0.39 is 17.8 Å². The molecule has 1 aliphatic rings. The standard InChI is InChI=1S/C21H20F3N5O2/c22-21(23,24)15-5-1-6-16(12-15)26-20(30)29-11-3-7-17(29)8-9-18-27-19(31-28-18)14-4-2-10-25-13-14/h1-2,4-6,10,12-13,17H,3,7-9,11H2,(H,26,30). The molecular formula is C21H20F3N5O2. The molecule has 2 amide bonds. The van der Waals surface area contributed by atoms with Crippen LogP contribution in [0.25, 0.3) is 11.5 Å². The zero-order chi connectivity index (χ0) is 21.8. The van der Waals surface area contributed by atoms with Crippen LogP contribution in [0, 0.1) is 0 Å². The Bertz CT molecular complexity index is 1040. The Kier molecular flexibility index (Phi) is 5.88. The molecule has 162 valence electrons. The second-order valence-corrected chi connectivity index (χ2v) is 7.29. The van der Waals surface area contributed by atoms with Gasteiger partial charge >= 0.3 is 12.2 Å². The number of carbonyl (C=O) groups is 1. The smallest absolute Gasteiger partial charge is 0.334 e. The number of benzene rings is 1. The molecule has 1 unspecified atom stereocenters. The highest BCUT2D eigenvalue weighted by Gasteiger charge is 2.32. The van der Waals surface area contributed by atoms with E-state index in [4.69, 9.17) is 4.52 Å². The molecule has 3 aromatic rings. The van der Waals surface area contributed by atoms with Gasteiger partial charge in [0.2, 0.25) is 0 Å². The topological polar surface area (TPSA) is 84.2 Å². The number of carbonyl (C=O) groups excluding carboxylic acids is 1. The Morgan fingerprint density at radius 2 is 2.13 bits per heavy atom. The predicted molar refractivity (Wildman–Crippen MR) is 106 cm³/mol. The van der Waals surface area contributed by atoms with Gasteiger partial charge in [-0.1, -0.05) is 11.2 Å². The first-order valence-corrected chi connectivity index (χ1v) is 9.88. The number of likely N-dealkylation sites (tertiary alicyclic amines) is 1. The van der Waals surface area contributed by atoms with Crippen LogP contribution in [0.3, 0.4) is 0 Å². The Hall–Kier alpha value is -3.43. The van der Waals surface area contributed by atoms with Crippen molar-refractivity contribution in [2.24, 2.45) is 0 Å². The molecule has 2 aromatic heterocycles. The maximum atomic E-state index is 12.9. The molecular weight excluding hydrogens is 411 g/mol. The van der Waals surface area contributed by atoms with Crippen LogP contribution >= 0.6 is 0 Å². The van der Waals surface area contributed by atoms with Crippen LogP contribution in [0.5, 0.6) is 0 Å². The number of aromatic nitrogens is 3. The van der Waals surface area contributed by atoms with Crippen LogP contribution in [0.2, 0.25) is 0 Å². The summed E-state index contributed by atoms with van der Waals surface area (Å²) in [5.41, 5.74) is 0.0405. The molecule has 0 radical (unpaired) electrons. The zero-order valence-electron chi connectivity index (χ0n) is 16.5. The molecule has 1 N–H and O–H groups in total. The highest BCUT2D eigenvalue weighted by Crippen LogP contribution is 2.31. The molecule has 1 aliphatic heterocycles. The third kappa shape index (κ3) is 5.01. The van der Waals surface area contributed by atoms with E-state index >= 15 is 0 Å². The maximum absolute atomic E-state index is 12.9. The van der Waals surface area contributed by atoms with E-state index in [9.17, 15) is 18.0 Å². The van der Waals surface area contributed by atoms with E-state index in [2.05, 4.69) is 20.4 Å². The first-order chi connectivity index (χ1) is 14.9. The van der Waals surface area contributed by atoms with Crippen molar-refractivity contribution in [1.82, 2.24) is 20.0 Å².